The van der Waals surface area contributed by atoms with Gasteiger partial charge in [0.2, 0.25) is 0 Å². The maximum absolute atomic E-state index is 12.9. The minimum Gasteiger partial charge on any atom is -0.383 e. The average Bonchev–Trinajstić information content (AvgIpc) is 3.33. The lowest BCUT2D eigenvalue weighted by atomic mass is 10.00. The number of rotatable bonds is 4. The van der Waals surface area contributed by atoms with Crippen LogP contribution in [0.15, 0.2) is 48.8 Å². The first-order valence-corrected chi connectivity index (χ1v) is 10.8. The van der Waals surface area contributed by atoms with Crippen LogP contribution in [0.1, 0.15) is 23.1 Å². The van der Waals surface area contributed by atoms with Gasteiger partial charge in [0.1, 0.15) is 17.3 Å². The second-order valence-electron chi connectivity index (χ2n) is 8.48. The molecule has 0 radical (unpaired) electrons. The highest BCUT2D eigenvalue weighted by Gasteiger charge is 2.22. The van der Waals surface area contributed by atoms with Crippen molar-refractivity contribution >= 4 is 39.3 Å². The van der Waals surface area contributed by atoms with Gasteiger partial charge in [-0.25, -0.2) is 9.97 Å². The van der Waals surface area contributed by atoms with Gasteiger partial charge >= 0.3 is 0 Å². The molecule has 5 aromatic rings. The molecule has 0 saturated heterocycles. The minimum atomic E-state index is -1.34. The monoisotopic (exact) mass is 455 g/mol. The summed E-state index contributed by atoms with van der Waals surface area (Å²) in [6.45, 7) is 3.77. The van der Waals surface area contributed by atoms with Crippen LogP contribution in [0.2, 0.25) is 0 Å². The van der Waals surface area contributed by atoms with Gasteiger partial charge < -0.3 is 20.7 Å². The number of aryl methyl sites for hydroxylation is 4. The number of benzene rings is 2. The number of nitrogens with one attached hydrogen (secondary N) is 1. The van der Waals surface area contributed by atoms with Crippen LogP contribution < -0.4 is 11.1 Å². The summed E-state index contributed by atoms with van der Waals surface area (Å²) < 4.78 is 3.58. The van der Waals surface area contributed by atoms with Crippen molar-refractivity contribution in [1.82, 2.24) is 24.3 Å². The molecule has 0 saturated carbocycles. The largest absolute Gasteiger partial charge is 0.383 e. The number of aromatic nitrogens is 5. The highest BCUT2D eigenvalue weighted by Crippen LogP contribution is 2.35. The SMILES string of the molecule is Cc1nc(N)c2c(-c3ccc(NC(=O)C(O)c4cccc5cnn(C)c45)cc3C)cn(C)c2n1. The van der Waals surface area contributed by atoms with Crippen LogP contribution in [-0.2, 0) is 18.9 Å². The summed E-state index contributed by atoms with van der Waals surface area (Å²) in [5.41, 5.74) is 11.6. The predicted molar refractivity (Wildman–Crippen MR) is 132 cm³/mol. The van der Waals surface area contributed by atoms with E-state index < -0.39 is 12.0 Å². The molecule has 1 atom stereocenters. The Bertz CT molecular complexity index is 1580. The molecule has 0 aliphatic carbocycles. The molecule has 0 fully saturated rings. The van der Waals surface area contributed by atoms with Crippen molar-refractivity contribution in [3.05, 3.63) is 65.7 Å². The quantitative estimate of drug-likeness (QED) is 0.382. The zero-order valence-electron chi connectivity index (χ0n) is 19.4. The van der Waals surface area contributed by atoms with E-state index in [-0.39, 0.29) is 0 Å². The molecule has 0 spiro atoms. The van der Waals surface area contributed by atoms with Gasteiger partial charge in [0.05, 0.1) is 17.1 Å². The summed E-state index contributed by atoms with van der Waals surface area (Å²) in [5.74, 6) is 0.536. The van der Waals surface area contributed by atoms with Crippen LogP contribution in [-0.4, -0.2) is 35.3 Å². The van der Waals surface area contributed by atoms with Gasteiger partial charge in [-0.05, 0) is 37.1 Å². The van der Waals surface area contributed by atoms with Gasteiger partial charge in [-0.1, -0.05) is 24.3 Å². The number of nitrogens with zero attached hydrogens (tertiary/aromatic N) is 5. The summed E-state index contributed by atoms with van der Waals surface area (Å²) >= 11 is 0. The van der Waals surface area contributed by atoms with Gasteiger partial charge in [-0.2, -0.15) is 5.10 Å². The molecule has 9 heteroatoms. The van der Waals surface area contributed by atoms with Gasteiger partial charge in [-0.15, -0.1) is 0 Å². The number of fused-ring (bicyclic) bond motifs is 2. The minimum absolute atomic E-state index is 0.433. The van der Waals surface area contributed by atoms with Crippen molar-refractivity contribution in [3.63, 3.8) is 0 Å². The van der Waals surface area contributed by atoms with Crippen LogP contribution in [0, 0.1) is 13.8 Å². The fourth-order valence-corrected chi connectivity index (χ4v) is 4.50. The van der Waals surface area contributed by atoms with E-state index in [4.69, 9.17) is 5.73 Å². The Morgan fingerprint density at radius 2 is 1.91 bits per heavy atom. The number of carbonyl (C=O) groups is 1. The van der Waals surface area contributed by atoms with E-state index in [1.807, 2.05) is 55.9 Å². The Labute approximate surface area is 195 Å². The van der Waals surface area contributed by atoms with E-state index in [1.54, 1.807) is 30.1 Å². The van der Waals surface area contributed by atoms with Gasteiger partial charge in [0, 0.05) is 42.5 Å². The number of para-hydroxylation sites is 1. The predicted octanol–water partition coefficient (Wildman–Crippen LogP) is 3.39. The molecule has 5 rings (SSSR count). The molecule has 1 amide bonds. The number of aliphatic hydroxyl groups is 1. The van der Waals surface area contributed by atoms with Crippen molar-refractivity contribution in [3.8, 4) is 11.1 Å². The number of hydrogen-bond donors (Lipinski definition) is 3. The zero-order chi connectivity index (χ0) is 24.1. The van der Waals surface area contributed by atoms with Gasteiger partial charge in [0.15, 0.2) is 6.10 Å². The zero-order valence-corrected chi connectivity index (χ0v) is 19.4. The van der Waals surface area contributed by atoms with Crippen LogP contribution in [0.25, 0.3) is 33.1 Å². The Kier molecular flexibility index (Phi) is 5.06. The van der Waals surface area contributed by atoms with Gasteiger partial charge in [0.25, 0.3) is 5.91 Å². The van der Waals surface area contributed by atoms with E-state index in [0.29, 0.717) is 22.9 Å². The maximum Gasteiger partial charge on any atom is 0.257 e. The van der Waals surface area contributed by atoms with Crippen molar-refractivity contribution in [2.75, 3.05) is 11.1 Å². The molecular weight excluding hydrogens is 430 g/mol. The second-order valence-corrected chi connectivity index (χ2v) is 8.48. The molecule has 3 aromatic heterocycles. The van der Waals surface area contributed by atoms with E-state index >= 15 is 0 Å². The number of hydrogen-bond acceptors (Lipinski definition) is 6. The molecule has 0 aliphatic heterocycles. The van der Waals surface area contributed by atoms with Crippen LogP contribution in [0.3, 0.4) is 0 Å². The third-order valence-electron chi connectivity index (χ3n) is 6.08. The van der Waals surface area contributed by atoms with Crippen molar-refractivity contribution < 1.29 is 9.90 Å². The number of nitrogen functional groups attached to an aromatic ring is 1. The molecule has 34 heavy (non-hydrogen) atoms. The first kappa shape index (κ1) is 21.6. The Hall–Kier alpha value is -4.24. The van der Waals surface area contributed by atoms with Crippen LogP contribution >= 0.6 is 0 Å². The van der Waals surface area contributed by atoms with Crippen molar-refractivity contribution in [2.24, 2.45) is 14.1 Å². The highest BCUT2D eigenvalue weighted by molar-refractivity contribution is 6.02. The van der Waals surface area contributed by atoms with E-state index in [1.165, 1.54) is 0 Å². The normalized spacial score (nSPS) is 12.4. The molecule has 172 valence electrons. The number of aliphatic hydroxyl groups excluding tert-OH is 1. The topological polar surface area (TPSA) is 124 Å². The Morgan fingerprint density at radius 3 is 2.68 bits per heavy atom. The summed E-state index contributed by atoms with van der Waals surface area (Å²) in [6, 6.07) is 11.0. The molecule has 3 heterocycles. The molecular formula is C25H25N7O2. The van der Waals surface area contributed by atoms with E-state index in [0.717, 1.165) is 38.6 Å². The fraction of sp³-hybridized carbons (Fsp3) is 0.200. The molecule has 0 bridgehead atoms. The first-order chi connectivity index (χ1) is 16.2. The molecule has 1 unspecified atom stereocenters. The van der Waals surface area contributed by atoms with Crippen molar-refractivity contribution in [2.45, 2.75) is 20.0 Å². The van der Waals surface area contributed by atoms with Crippen LogP contribution in [0.5, 0.6) is 0 Å². The smallest absolute Gasteiger partial charge is 0.257 e. The summed E-state index contributed by atoms with van der Waals surface area (Å²) in [5, 5.41) is 19.5. The van der Waals surface area contributed by atoms with E-state index in [9.17, 15) is 9.90 Å². The lowest BCUT2D eigenvalue weighted by Gasteiger charge is -2.15. The molecule has 2 aromatic carbocycles. The second kappa shape index (κ2) is 7.96. The number of anilines is 2. The summed E-state index contributed by atoms with van der Waals surface area (Å²) in [7, 11) is 3.71. The van der Waals surface area contributed by atoms with Gasteiger partial charge in [-0.3, -0.25) is 9.48 Å². The lowest BCUT2D eigenvalue weighted by Crippen LogP contribution is -2.21. The number of carbonyl (C=O) groups excluding carboxylic acids is 1. The summed E-state index contributed by atoms with van der Waals surface area (Å²) in [4.78, 5) is 21.7. The Balaban J connectivity index is 1.45. The first-order valence-electron chi connectivity index (χ1n) is 10.8. The summed E-state index contributed by atoms with van der Waals surface area (Å²) in [6.07, 6.45) is 2.35. The lowest BCUT2D eigenvalue weighted by molar-refractivity contribution is -0.124. The molecule has 0 aliphatic rings. The standard InChI is InChI=1S/C25H25N7O2/c1-13-10-16(30-25(34)22(33)18-7-5-6-15-11-27-32(4)21(15)18)8-9-17(13)19-12-31(3)24-20(19)23(26)28-14(2)29-24/h5-12,22,33H,1-4H3,(H,30,34)(H2,26,28,29). The fourth-order valence-electron chi connectivity index (χ4n) is 4.50. The molecule has 4 N–H and O–H groups in total. The average molecular weight is 456 g/mol. The van der Waals surface area contributed by atoms with E-state index in [2.05, 4.69) is 20.4 Å². The maximum atomic E-state index is 12.9. The third-order valence-corrected chi connectivity index (χ3v) is 6.08. The third kappa shape index (κ3) is 3.46. The number of amides is 1. The Morgan fingerprint density at radius 1 is 1.12 bits per heavy atom. The van der Waals surface area contributed by atoms with Crippen LogP contribution in [0.4, 0.5) is 11.5 Å². The highest BCUT2D eigenvalue weighted by atomic mass is 16.3. The molecule has 9 nitrogen and oxygen atoms in total. The van der Waals surface area contributed by atoms with Crippen molar-refractivity contribution in [1.29, 1.82) is 0 Å². The number of nitrogens with two attached hydrogens (primary N) is 1.